The Labute approximate surface area is 140 Å². The number of aromatic nitrogens is 2. The molecule has 0 N–H and O–H groups in total. The lowest BCUT2D eigenvalue weighted by molar-refractivity contribution is 1.22. The van der Waals surface area contributed by atoms with Crippen molar-refractivity contribution in [3.63, 3.8) is 0 Å². The van der Waals surface area contributed by atoms with Gasteiger partial charge in [-0.1, -0.05) is 23.2 Å². The summed E-state index contributed by atoms with van der Waals surface area (Å²) in [6, 6.07) is 11.7. The second-order valence-corrected chi connectivity index (χ2v) is 6.47. The Morgan fingerprint density at radius 3 is 2.55 bits per heavy atom. The van der Waals surface area contributed by atoms with E-state index in [4.69, 9.17) is 23.2 Å². The van der Waals surface area contributed by atoms with Crippen LogP contribution in [0, 0.1) is 10.5 Å². The first-order chi connectivity index (χ1) is 9.54. The van der Waals surface area contributed by atoms with Crippen LogP contribution < -0.4 is 0 Å². The fourth-order valence-electron chi connectivity index (χ4n) is 1.98. The average Bonchev–Trinajstić information content (AvgIpc) is 2.42. The third-order valence-corrected chi connectivity index (χ3v) is 4.41. The van der Waals surface area contributed by atoms with Gasteiger partial charge < -0.3 is 0 Å². The zero-order valence-electron chi connectivity index (χ0n) is 10.5. The molecule has 0 spiro atoms. The highest BCUT2D eigenvalue weighted by Gasteiger charge is 2.09. The van der Waals surface area contributed by atoms with E-state index in [9.17, 15) is 0 Å². The molecule has 5 heteroatoms. The zero-order chi connectivity index (χ0) is 14.3. The summed E-state index contributed by atoms with van der Waals surface area (Å²) in [5, 5.41) is 2.07. The Bertz CT molecular complexity index is 818. The molecule has 0 aliphatic rings. The predicted molar refractivity (Wildman–Crippen MR) is 92.4 cm³/mol. The Morgan fingerprint density at radius 1 is 1.00 bits per heavy atom. The molecule has 0 bridgehead atoms. The van der Waals surface area contributed by atoms with Gasteiger partial charge in [0.2, 0.25) is 0 Å². The van der Waals surface area contributed by atoms with Gasteiger partial charge >= 0.3 is 0 Å². The first-order valence-corrected chi connectivity index (χ1v) is 7.77. The molecule has 20 heavy (non-hydrogen) atoms. The number of aryl methyl sites for hydroxylation is 1. The minimum Gasteiger partial charge on any atom is -0.228 e. The number of nitrogens with zero attached hydrogens (tertiary/aromatic N) is 2. The number of rotatable bonds is 1. The summed E-state index contributed by atoms with van der Waals surface area (Å²) in [5.41, 5.74) is 2.74. The van der Waals surface area contributed by atoms with Crippen LogP contribution in [-0.2, 0) is 0 Å². The molecule has 1 aromatic heterocycles. The summed E-state index contributed by atoms with van der Waals surface area (Å²) >= 11 is 14.6. The molecule has 100 valence electrons. The molecule has 0 radical (unpaired) electrons. The van der Waals surface area contributed by atoms with Gasteiger partial charge in [-0.3, -0.25) is 0 Å². The van der Waals surface area contributed by atoms with Crippen molar-refractivity contribution in [3.05, 3.63) is 55.7 Å². The van der Waals surface area contributed by atoms with E-state index in [1.54, 1.807) is 0 Å². The largest absolute Gasteiger partial charge is 0.228 e. The lowest BCUT2D eigenvalue weighted by Gasteiger charge is -2.06. The Balaban J connectivity index is 2.21. The number of halogens is 3. The summed E-state index contributed by atoms with van der Waals surface area (Å²) in [6.45, 7) is 1.96. The van der Waals surface area contributed by atoms with E-state index < -0.39 is 0 Å². The molecule has 0 saturated carbocycles. The van der Waals surface area contributed by atoms with Crippen LogP contribution in [0.5, 0.6) is 0 Å². The molecular weight excluding hydrogens is 406 g/mol. The molecule has 0 aliphatic heterocycles. The molecular formula is C15H9Cl2IN2. The first-order valence-electron chi connectivity index (χ1n) is 5.94. The second-order valence-electron chi connectivity index (χ2n) is 4.46. The minimum atomic E-state index is 0.469. The predicted octanol–water partition coefficient (Wildman–Crippen LogP) is 5.52. The van der Waals surface area contributed by atoms with Gasteiger partial charge in [-0.05, 0) is 71.5 Å². The van der Waals surface area contributed by atoms with E-state index in [1.807, 2.05) is 43.3 Å². The molecule has 0 unspecified atom stereocenters. The molecule has 0 saturated heterocycles. The van der Waals surface area contributed by atoms with E-state index in [-0.39, 0.29) is 0 Å². The highest BCUT2D eigenvalue weighted by molar-refractivity contribution is 14.1. The molecule has 0 atom stereocenters. The lowest BCUT2D eigenvalue weighted by Crippen LogP contribution is -1.93. The smallest absolute Gasteiger partial charge is 0.161 e. The third-order valence-electron chi connectivity index (χ3n) is 3.03. The van der Waals surface area contributed by atoms with Gasteiger partial charge in [-0.25, -0.2) is 9.97 Å². The van der Waals surface area contributed by atoms with Gasteiger partial charge in [0.25, 0.3) is 0 Å². The summed E-state index contributed by atoms with van der Waals surface area (Å²) in [7, 11) is 0. The molecule has 2 aromatic carbocycles. The van der Waals surface area contributed by atoms with Crippen LogP contribution in [0.15, 0.2) is 36.4 Å². The Kier molecular flexibility index (Phi) is 3.84. The van der Waals surface area contributed by atoms with Gasteiger partial charge in [0.1, 0.15) is 5.15 Å². The zero-order valence-corrected chi connectivity index (χ0v) is 14.2. The van der Waals surface area contributed by atoms with Crippen LogP contribution in [-0.4, -0.2) is 9.97 Å². The topological polar surface area (TPSA) is 25.8 Å². The SMILES string of the molecule is Cc1cc(-c2nc(Cl)c3cc(I)ccc3n2)ccc1Cl. The van der Waals surface area contributed by atoms with Gasteiger partial charge in [0, 0.05) is 19.5 Å². The van der Waals surface area contributed by atoms with Crippen LogP contribution in [0.1, 0.15) is 5.56 Å². The van der Waals surface area contributed by atoms with E-state index in [2.05, 4.69) is 32.6 Å². The minimum absolute atomic E-state index is 0.469. The highest BCUT2D eigenvalue weighted by atomic mass is 127. The number of hydrogen-bond donors (Lipinski definition) is 0. The Morgan fingerprint density at radius 2 is 1.80 bits per heavy atom. The monoisotopic (exact) mass is 414 g/mol. The third kappa shape index (κ3) is 2.62. The maximum atomic E-state index is 6.27. The number of hydrogen-bond acceptors (Lipinski definition) is 2. The summed E-state index contributed by atoms with van der Waals surface area (Å²) in [4.78, 5) is 8.97. The van der Waals surface area contributed by atoms with Crippen molar-refractivity contribution in [1.82, 2.24) is 9.97 Å². The van der Waals surface area contributed by atoms with Crippen LogP contribution in [0.25, 0.3) is 22.3 Å². The fraction of sp³-hybridized carbons (Fsp3) is 0.0667. The van der Waals surface area contributed by atoms with Crippen molar-refractivity contribution in [2.75, 3.05) is 0 Å². The quantitative estimate of drug-likeness (QED) is 0.387. The number of fused-ring (bicyclic) bond motifs is 1. The van der Waals surface area contributed by atoms with Crippen molar-refractivity contribution >= 4 is 56.7 Å². The maximum Gasteiger partial charge on any atom is 0.161 e. The van der Waals surface area contributed by atoms with Crippen molar-refractivity contribution in [1.29, 1.82) is 0 Å². The molecule has 0 amide bonds. The highest BCUT2D eigenvalue weighted by Crippen LogP contribution is 2.28. The van der Waals surface area contributed by atoms with Gasteiger partial charge in [0.05, 0.1) is 5.52 Å². The summed E-state index contributed by atoms with van der Waals surface area (Å²) in [5.74, 6) is 0.614. The van der Waals surface area contributed by atoms with Crippen molar-refractivity contribution < 1.29 is 0 Å². The first kappa shape index (κ1) is 14.0. The van der Waals surface area contributed by atoms with E-state index in [0.717, 1.165) is 30.6 Å². The molecule has 3 aromatic rings. The Hall–Kier alpha value is -0.910. The van der Waals surface area contributed by atoms with E-state index in [0.29, 0.717) is 11.0 Å². The summed E-state index contributed by atoms with van der Waals surface area (Å²) < 4.78 is 1.11. The second kappa shape index (κ2) is 5.47. The summed E-state index contributed by atoms with van der Waals surface area (Å²) in [6.07, 6.45) is 0. The lowest BCUT2D eigenvalue weighted by atomic mass is 10.1. The van der Waals surface area contributed by atoms with Gasteiger partial charge in [-0.15, -0.1) is 0 Å². The van der Waals surface area contributed by atoms with Gasteiger partial charge in [0.15, 0.2) is 5.82 Å². The van der Waals surface area contributed by atoms with Crippen molar-refractivity contribution in [2.24, 2.45) is 0 Å². The van der Waals surface area contributed by atoms with E-state index >= 15 is 0 Å². The molecule has 2 nitrogen and oxygen atoms in total. The normalized spacial score (nSPS) is 11.0. The molecule has 3 rings (SSSR count). The maximum absolute atomic E-state index is 6.27. The van der Waals surface area contributed by atoms with Crippen molar-refractivity contribution in [3.8, 4) is 11.4 Å². The van der Waals surface area contributed by atoms with E-state index in [1.165, 1.54) is 0 Å². The molecule has 0 fully saturated rings. The molecule has 0 aliphatic carbocycles. The fourth-order valence-corrected chi connectivity index (χ4v) is 2.82. The van der Waals surface area contributed by atoms with Crippen LogP contribution in [0.4, 0.5) is 0 Å². The van der Waals surface area contributed by atoms with Gasteiger partial charge in [-0.2, -0.15) is 0 Å². The number of benzene rings is 2. The van der Waals surface area contributed by atoms with Crippen LogP contribution >= 0.6 is 45.8 Å². The van der Waals surface area contributed by atoms with Crippen LogP contribution in [0.3, 0.4) is 0 Å². The van der Waals surface area contributed by atoms with Crippen LogP contribution in [0.2, 0.25) is 10.2 Å². The average molecular weight is 415 g/mol. The van der Waals surface area contributed by atoms with Crippen molar-refractivity contribution in [2.45, 2.75) is 6.92 Å². The molecule has 1 heterocycles. The standard InChI is InChI=1S/C15H9Cl2IN2/c1-8-6-9(2-4-12(8)16)15-19-13-5-3-10(18)7-11(13)14(17)20-15/h2-7H,1H3.